The van der Waals surface area contributed by atoms with Crippen LogP contribution in [0.25, 0.3) is 5.70 Å². The van der Waals surface area contributed by atoms with E-state index in [9.17, 15) is 0 Å². The van der Waals surface area contributed by atoms with Crippen LogP contribution in [0.1, 0.15) is 28.2 Å². The molecule has 1 unspecified atom stereocenters. The molecule has 0 aromatic heterocycles. The van der Waals surface area contributed by atoms with Gasteiger partial charge in [0.15, 0.2) is 0 Å². The molecule has 0 radical (unpaired) electrons. The first-order valence-electron chi connectivity index (χ1n) is 10.9. The molecular formula is C28H34N2O2S2. The molecule has 0 fully saturated rings. The molecule has 3 rings (SSSR count). The number of thiol groups is 1. The number of benzene rings is 3. The number of thioether (sulfide) groups is 1. The molecule has 4 nitrogen and oxygen atoms in total. The summed E-state index contributed by atoms with van der Waals surface area (Å²) in [6.07, 6.45) is 0.833. The van der Waals surface area contributed by atoms with Gasteiger partial charge in [-0.3, -0.25) is 5.14 Å². The largest absolute Gasteiger partial charge is 0.491 e. The third kappa shape index (κ3) is 8.29. The summed E-state index contributed by atoms with van der Waals surface area (Å²) in [5.41, 5.74) is 11.1. The molecule has 0 spiro atoms. The fourth-order valence-corrected chi connectivity index (χ4v) is 4.52. The van der Waals surface area contributed by atoms with Gasteiger partial charge in [0, 0.05) is 23.6 Å². The molecule has 6 heteroatoms. The van der Waals surface area contributed by atoms with Gasteiger partial charge in [-0.15, -0.1) is 12.8 Å². The summed E-state index contributed by atoms with van der Waals surface area (Å²) in [7, 11) is 1.67. The fraction of sp³-hybridized carbons (Fsp3) is 0.214. The van der Waals surface area contributed by atoms with E-state index >= 15 is 0 Å². The zero-order chi connectivity index (χ0) is 24.9. The molecule has 0 heterocycles. The normalized spacial score (nSPS) is 11.2. The smallest absolute Gasteiger partial charge is 0.120 e. The number of methoxy groups -OCH3 is 1. The Balaban J connectivity index is 0.00000199. The van der Waals surface area contributed by atoms with Crippen molar-refractivity contribution in [2.45, 2.75) is 24.2 Å². The zero-order valence-electron chi connectivity index (χ0n) is 19.9. The molecule has 180 valence electrons. The summed E-state index contributed by atoms with van der Waals surface area (Å²) in [4.78, 5) is 2.24. The molecular weight excluding hydrogens is 460 g/mol. The van der Waals surface area contributed by atoms with Crippen LogP contribution >= 0.6 is 24.6 Å². The number of nitrogens with two attached hydrogens (primary N) is 2. The molecule has 0 aliphatic heterocycles. The van der Waals surface area contributed by atoms with E-state index in [-0.39, 0.29) is 5.92 Å². The summed E-state index contributed by atoms with van der Waals surface area (Å²) in [6, 6.07) is 25.0. The first kappa shape index (κ1) is 27.6. The van der Waals surface area contributed by atoms with Gasteiger partial charge in [-0.05, 0) is 58.7 Å². The second-order valence-corrected chi connectivity index (χ2v) is 8.90. The van der Waals surface area contributed by atoms with Gasteiger partial charge in [-0.25, -0.2) is 0 Å². The maximum atomic E-state index is 5.93. The zero-order valence-corrected chi connectivity index (χ0v) is 21.6. The number of allylic oxidation sites excluding steroid dienone is 1. The van der Waals surface area contributed by atoms with E-state index in [4.69, 9.17) is 15.2 Å². The minimum absolute atomic E-state index is 0.153. The van der Waals surface area contributed by atoms with Crippen LogP contribution < -0.4 is 15.6 Å². The highest BCUT2D eigenvalue weighted by atomic mass is 32.2. The Morgan fingerprint density at radius 1 is 0.971 bits per heavy atom. The van der Waals surface area contributed by atoms with Crippen molar-refractivity contribution in [1.82, 2.24) is 0 Å². The maximum Gasteiger partial charge on any atom is 0.120 e. The van der Waals surface area contributed by atoms with E-state index in [1.54, 1.807) is 18.9 Å². The molecule has 3 aromatic rings. The first-order valence-corrected chi connectivity index (χ1v) is 12.2. The second kappa shape index (κ2) is 14.6. The van der Waals surface area contributed by atoms with Crippen molar-refractivity contribution >= 4 is 30.3 Å². The highest BCUT2D eigenvalue weighted by molar-refractivity contribution is 8.03. The summed E-state index contributed by atoms with van der Waals surface area (Å²) >= 11 is 4.74. The molecule has 0 amide bonds. The minimum Gasteiger partial charge on any atom is -0.491 e. The van der Waals surface area contributed by atoms with Crippen LogP contribution in [0.3, 0.4) is 0 Å². The molecule has 0 bridgehead atoms. The van der Waals surface area contributed by atoms with Gasteiger partial charge < -0.3 is 15.2 Å². The molecule has 0 aliphatic carbocycles. The van der Waals surface area contributed by atoms with Gasteiger partial charge in [0.1, 0.15) is 12.4 Å². The highest BCUT2D eigenvalue weighted by Crippen LogP contribution is 2.40. The lowest BCUT2D eigenvalue weighted by atomic mass is 9.91. The molecule has 34 heavy (non-hydrogen) atoms. The number of rotatable bonds is 11. The van der Waals surface area contributed by atoms with Crippen LogP contribution in [0.15, 0.2) is 95.8 Å². The Kier molecular flexibility index (Phi) is 11.8. The lowest BCUT2D eigenvalue weighted by molar-refractivity contribution is 0.146. The monoisotopic (exact) mass is 494 g/mol. The Morgan fingerprint density at radius 3 is 2.38 bits per heavy atom. The van der Waals surface area contributed by atoms with Crippen LogP contribution in [0.5, 0.6) is 5.75 Å². The van der Waals surface area contributed by atoms with Gasteiger partial charge >= 0.3 is 0 Å². The molecule has 4 N–H and O–H groups in total. The van der Waals surface area contributed by atoms with E-state index in [2.05, 4.69) is 86.6 Å². The van der Waals surface area contributed by atoms with Crippen molar-refractivity contribution in [2.75, 3.05) is 20.3 Å². The van der Waals surface area contributed by atoms with Crippen molar-refractivity contribution in [3.8, 4) is 5.75 Å². The quantitative estimate of drug-likeness (QED) is 0.164. The van der Waals surface area contributed by atoms with Gasteiger partial charge in [0.05, 0.1) is 6.61 Å². The van der Waals surface area contributed by atoms with E-state index in [1.807, 2.05) is 24.3 Å². The topological polar surface area (TPSA) is 70.5 Å². The van der Waals surface area contributed by atoms with Crippen molar-refractivity contribution < 1.29 is 9.47 Å². The molecule has 0 aliphatic rings. The number of ether oxygens (including phenoxy) is 2. The number of hydrogen-bond donors (Lipinski definition) is 3. The Morgan fingerprint density at radius 2 is 1.71 bits per heavy atom. The Labute approximate surface area is 213 Å². The van der Waals surface area contributed by atoms with Crippen molar-refractivity contribution in [2.24, 2.45) is 10.9 Å². The van der Waals surface area contributed by atoms with Crippen LogP contribution in [-0.2, 0) is 11.2 Å². The second-order valence-electron chi connectivity index (χ2n) is 7.73. The predicted octanol–water partition coefficient (Wildman–Crippen LogP) is 6.37. The van der Waals surface area contributed by atoms with Gasteiger partial charge in [0.2, 0.25) is 0 Å². The molecule has 3 aromatic carbocycles. The fourth-order valence-electron chi connectivity index (χ4n) is 3.47. The van der Waals surface area contributed by atoms with Crippen molar-refractivity contribution in [1.29, 1.82) is 0 Å². The summed E-state index contributed by atoms with van der Waals surface area (Å²) in [6.45, 7) is 11.6. The van der Waals surface area contributed by atoms with E-state index < -0.39 is 0 Å². The van der Waals surface area contributed by atoms with Crippen molar-refractivity contribution in [3.05, 3.63) is 113 Å². The SMILES string of the molecule is C=C(N)c1cccc(CC(C(=C)Sc2cc(OCCOC)ccc2C)c2ccccc2)c1.NS. The van der Waals surface area contributed by atoms with Crippen LogP contribution in [0.2, 0.25) is 0 Å². The summed E-state index contributed by atoms with van der Waals surface area (Å²) in [5.74, 6) is 0.994. The third-order valence-corrected chi connectivity index (χ3v) is 6.49. The molecule has 0 saturated heterocycles. The van der Waals surface area contributed by atoms with Gasteiger partial charge in [-0.1, -0.05) is 79.5 Å². The lowest BCUT2D eigenvalue weighted by Gasteiger charge is -2.21. The van der Waals surface area contributed by atoms with Crippen molar-refractivity contribution in [3.63, 3.8) is 0 Å². The molecule has 1 atom stereocenters. The Hall–Kier alpha value is -2.64. The van der Waals surface area contributed by atoms with E-state index in [0.717, 1.165) is 27.5 Å². The number of aryl methyl sites for hydroxylation is 1. The number of hydrogen-bond acceptors (Lipinski definition) is 6. The molecule has 0 saturated carbocycles. The highest BCUT2D eigenvalue weighted by Gasteiger charge is 2.18. The van der Waals surface area contributed by atoms with Crippen LogP contribution in [-0.4, -0.2) is 20.3 Å². The third-order valence-electron chi connectivity index (χ3n) is 5.29. The van der Waals surface area contributed by atoms with E-state index in [1.165, 1.54) is 16.7 Å². The lowest BCUT2D eigenvalue weighted by Crippen LogP contribution is -2.06. The van der Waals surface area contributed by atoms with Gasteiger partial charge in [-0.2, -0.15) is 0 Å². The minimum atomic E-state index is 0.153. The average Bonchev–Trinajstić information content (AvgIpc) is 2.86. The van der Waals surface area contributed by atoms with Crippen LogP contribution in [0.4, 0.5) is 0 Å². The van der Waals surface area contributed by atoms with Crippen LogP contribution in [0, 0.1) is 6.92 Å². The van der Waals surface area contributed by atoms with E-state index in [0.29, 0.717) is 18.9 Å². The standard InChI is InChI=1S/C28H31NO2S.H3NS/c1-20-13-14-26(31-16-15-30-4)19-28(20)32-22(3)27(24-10-6-5-7-11-24)18-23-9-8-12-25(17-23)21(2)29;1-2/h5-14,17,19,27H,2-3,15-16,18,29H2,1,4H3;2H,1H2. The first-order chi connectivity index (χ1) is 16.5. The summed E-state index contributed by atoms with van der Waals surface area (Å²) < 4.78 is 10.9. The predicted molar refractivity (Wildman–Crippen MR) is 149 cm³/mol. The average molecular weight is 495 g/mol. The Bertz CT molecular complexity index is 1070. The van der Waals surface area contributed by atoms with Gasteiger partial charge in [0.25, 0.3) is 0 Å². The maximum absolute atomic E-state index is 5.93. The summed E-state index contributed by atoms with van der Waals surface area (Å²) in [5, 5.41) is 4.19.